The van der Waals surface area contributed by atoms with Gasteiger partial charge in [-0.25, -0.2) is 9.78 Å². The van der Waals surface area contributed by atoms with Crippen LogP contribution in [0.25, 0.3) is 10.9 Å². The summed E-state index contributed by atoms with van der Waals surface area (Å²) < 4.78 is 0. The Morgan fingerprint density at radius 3 is 1.61 bits per heavy atom. The number of aliphatic carboxylic acids is 2. The van der Waals surface area contributed by atoms with Gasteiger partial charge in [-0.1, -0.05) is 45.9 Å². The summed E-state index contributed by atoms with van der Waals surface area (Å²) in [6.07, 6.45) is 4.78. The second-order valence-corrected chi connectivity index (χ2v) is 28.0. The van der Waals surface area contributed by atoms with Crippen LogP contribution < -0.4 is 81.4 Å². The summed E-state index contributed by atoms with van der Waals surface area (Å²) in [6.45, 7) is 6.71. The van der Waals surface area contributed by atoms with E-state index < -0.39 is 187 Å². The Balaban J connectivity index is 1.17. The molecular formula is C69H106N22O18. The largest absolute Gasteiger partial charge is 0.481 e. The molecule has 2 aromatic heterocycles. The molecule has 40 heteroatoms. The van der Waals surface area contributed by atoms with E-state index in [9.17, 15) is 87.5 Å². The molecule has 0 aliphatic carbocycles. The molecular weight excluding hydrogens is 1420 g/mol. The number of carboxylic acid groups (broad SMARTS) is 2. The maximum Gasteiger partial charge on any atom is 0.326 e. The van der Waals surface area contributed by atoms with Crippen LogP contribution in [0.15, 0.2) is 53.0 Å². The standard InChI is InChI=1S/C69H106N22O18/c1-35(2)27-48(67(108)109)86-64(105)54(36(3)4)89-60(101)47(29-39-31-74-34-79-39)85-58(99)44(20-21-53(94)95)81-57(98)43(16-9-24-77-69(72)73)83-63(104)52-19-12-26-91(52)66(107)50(33-93)88-59(100)46(28-38-30-78-41-14-7-6-13-40(38)41)84-61(102)49(32-92)87-55(96)37(5)80-56(97)42(15-8-23-76-68(70)71)82-62(103)51-18-11-25-90(51)65(106)45-17-10-22-75-45/h6-7,13-14,30-31,34-37,42-52,54,75,78,92-93H,8-12,15-29,32-33H2,1-5H3,(H,74,79)(H,80,97)(H,81,98)(H,82,103)(H,83,104)(H,84,102)(H,85,99)(H,86,105)(H,87,96)(H,88,100)(H,89,101)(H,94,95)(H,108,109)(H4,70,71,76)(H4,72,73,77)/t37-,42-,43-,44-,45-,46-,47-,48-,49-,50-,51-,52-,54-/m0/s1. The van der Waals surface area contributed by atoms with Crippen molar-refractivity contribution in [2.45, 2.75) is 209 Å². The third kappa shape index (κ3) is 26.4. The molecule has 3 aliphatic heterocycles. The summed E-state index contributed by atoms with van der Waals surface area (Å²) in [4.78, 5) is 214. The number of aliphatic imine (C=N–C) groups is 2. The van der Waals surface area contributed by atoms with Gasteiger partial charge in [0.2, 0.25) is 70.9 Å². The molecule has 1 aromatic carbocycles. The number of nitrogens with two attached hydrogens (primary N) is 4. The number of amides is 12. The predicted molar refractivity (Wildman–Crippen MR) is 393 cm³/mol. The van der Waals surface area contributed by atoms with E-state index in [2.05, 4.69) is 83.4 Å². The van der Waals surface area contributed by atoms with E-state index in [-0.39, 0.29) is 101 Å². The maximum atomic E-state index is 14.7. The van der Waals surface area contributed by atoms with E-state index in [1.807, 2.05) is 0 Å². The number of carboxylic acids is 2. The lowest BCUT2D eigenvalue weighted by atomic mass is 9.99. The first kappa shape index (κ1) is 86.9. The molecule has 13 atom stereocenters. The van der Waals surface area contributed by atoms with Gasteiger partial charge in [0.05, 0.1) is 25.6 Å². The molecule has 3 fully saturated rings. The molecule has 0 spiro atoms. The fraction of sp³-hybridized carbons (Fsp3) is 0.609. The molecule has 3 saturated heterocycles. The highest BCUT2D eigenvalue weighted by Gasteiger charge is 2.43. The number of likely N-dealkylation sites (tertiary alicyclic amines) is 2. The Bertz CT molecular complexity index is 3720. The zero-order chi connectivity index (χ0) is 80.2. The predicted octanol–water partition coefficient (Wildman–Crippen LogP) is -5.98. The lowest BCUT2D eigenvalue weighted by Gasteiger charge is -2.30. The second-order valence-electron chi connectivity index (χ2n) is 28.0. The average Bonchev–Trinajstić information content (AvgIpc) is 1.72. The number of fused-ring (bicyclic) bond motifs is 1. The van der Waals surface area contributed by atoms with Gasteiger partial charge in [-0.3, -0.25) is 72.3 Å². The minimum Gasteiger partial charge on any atom is -0.481 e. The maximum absolute atomic E-state index is 14.7. The number of nitrogens with zero attached hydrogens (tertiary/aromatic N) is 5. The number of aromatic nitrogens is 3. The minimum atomic E-state index is -1.81. The Morgan fingerprint density at radius 2 is 1.07 bits per heavy atom. The van der Waals surface area contributed by atoms with Crippen LogP contribution in [0.1, 0.15) is 129 Å². The van der Waals surface area contributed by atoms with Crippen molar-refractivity contribution in [2.24, 2.45) is 44.8 Å². The minimum absolute atomic E-state index is 0.00621. The molecule has 25 N–H and O–H groups in total. The second kappa shape index (κ2) is 42.5. The van der Waals surface area contributed by atoms with Crippen molar-refractivity contribution in [1.82, 2.24) is 83.2 Å². The van der Waals surface area contributed by atoms with Gasteiger partial charge in [0.15, 0.2) is 11.9 Å². The Labute approximate surface area is 628 Å². The molecule has 5 heterocycles. The fourth-order valence-electron chi connectivity index (χ4n) is 13.0. The Hall–Kier alpha value is -11.0. The van der Waals surface area contributed by atoms with Crippen LogP contribution in [0.2, 0.25) is 0 Å². The van der Waals surface area contributed by atoms with Crippen LogP contribution in [-0.2, 0) is 80.0 Å². The summed E-state index contributed by atoms with van der Waals surface area (Å²) in [5.74, 6) is -14.6. The van der Waals surface area contributed by atoms with Crippen LogP contribution in [0.4, 0.5) is 0 Å². The third-order valence-electron chi connectivity index (χ3n) is 18.7. The van der Waals surface area contributed by atoms with Crippen LogP contribution in [0.3, 0.4) is 0 Å². The van der Waals surface area contributed by atoms with Crippen molar-refractivity contribution in [2.75, 3.05) is 45.9 Å². The summed E-state index contributed by atoms with van der Waals surface area (Å²) in [5, 5.41) is 70.2. The van der Waals surface area contributed by atoms with Crippen LogP contribution >= 0.6 is 0 Å². The summed E-state index contributed by atoms with van der Waals surface area (Å²) >= 11 is 0. The van der Waals surface area contributed by atoms with E-state index in [0.29, 0.717) is 54.5 Å². The van der Waals surface area contributed by atoms with Crippen LogP contribution in [-0.4, -0.2) is 264 Å². The highest BCUT2D eigenvalue weighted by molar-refractivity contribution is 6.00. The monoisotopic (exact) mass is 1530 g/mol. The molecule has 0 radical (unpaired) electrons. The molecule has 0 unspecified atom stereocenters. The molecule has 40 nitrogen and oxygen atoms in total. The van der Waals surface area contributed by atoms with Crippen LogP contribution in [0, 0.1) is 11.8 Å². The first-order valence-corrected chi connectivity index (χ1v) is 36.5. The summed E-state index contributed by atoms with van der Waals surface area (Å²) in [5.41, 5.74) is 23.6. The summed E-state index contributed by atoms with van der Waals surface area (Å²) in [6, 6.07) is -11.2. The number of benzene rings is 1. The number of imidazole rings is 1. The van der Waals surface area contributed by atoms with Gasteiger partial charge in [0.25, 0.3) is 0 Å². The van der Waals surface area contributed by atoms with Gasteiger partial charge in [0.1, 0.15) is 72.5 Å². The topological polar surface area (TPSA) is 632 Å². The number of carbonyl (C=O) groups excluding carboxylic acids is 12. The highest BCUT2D eigenvalue weighted by atomic mass is 16.4. The van der Waals surface area contributed by atoms with Crippen molar-refractivity contribution >= 4 is 106 Å². The number of H-pyrrole nitrogens is 2. The normalized spacial score (nSPS) is 18.2. The first-order valence-electron chi connectivity index (χ1n) is 36.5. The first-order chi connectivity index (χ1) is 51.8. The molecule has 600 valence electrons. The lowest BCUT2D eigenvalue weighted by molar-refractivity contribution is -0.143. The molecule has 109 heavy (non-hydrogen) atoms. The van der Waals surface area contributed by atoms with Gasteiger partial charge < -0.3 is 122 Å². The smallest absolute Gasteiger partial charge is 0.326 e. The molecule has 6 rings (SSSR count). The van der Waals surface area contributed by atoms with Gasteiger partial charge in [0, 0.05) is 74.4 Å². The number of aromatic amines is 2. The molecule has 3 aromatic rings. The number of hydrogen-bond acceptors (Lipinski definition) is 20. The van der Waals surface area contributed by atoms with Gasteiger partial charge in [-0.15, -0.1) is 0 Å². The number of aliphatic hydroxyl groups excluding tert-OH is 2. The molecule has 12 amide bonds. The Morgan fingerprint density at radius 1 is 0.560 bits per heavy atom. The SMILES string of the molecule is CC(C)C[C@H](NC(=O)[C@@H](NC(=O)[C@H](Cc1cnc[nH]1)NC(=O)[C@H](CCC(=O)O)NC(=O)[C@H](CCCN=C(N)N)NC(=O)[C@@H]1CCCN1C(=O)[C@H](CO)NC(=O)[C@H](Cc1c[nH]c2ccccc12)NC(=O)[C@H](CO)NC(=O)[C@H](C)NC(=O)[C@H](CCCN=C(N)N)NC(=O)[C@@H]1CCCN1C(=O)[C@@H]1CCCN1)C(C)C)C(=O)O. The third-order valence-corrected chi connectivity index (χ3v) is 18.7. The number of rotatable bonds is 43. The van der Waals surface area contributed by atoms with E-state index in [1.54, 1.807) is 58.2 Å². The number of hydrogen-bond donors (Lipinski definition) is 21. The van der Waals surface area contributed by atoms with Crippen molar-refractivity contribution in [3.05, 3.63) is 54.2 Å². The van der Waals surface area contributed by atoms with Crippen molar-refractivity contribution in [3.63, 3.8) is 0 Å². The number of nitrogens with one attached hydrogen (secondary N) is 13. The fourth-order valence-corrected chi connectivity index (χ4v) is 13.0. The number of para-hydroxylation sites is 1. The number of guanidine groups is 2. The lowest BCUT2D eigenvalue weighted by Crippen LogP contribution is -2.61. The van der Waals surface area contributed by atoms with Crippen molar-refractivity contribution < 1.29 is 87.5 Å². The van der Waals surface area contributed by atoms with Gasteiger partial charge in [-0.05, 0) is 114 Å². The van der Waals surface area contributed by atoms with Crippen molar-refractivity contribution in [3.8, 4) is 0 Å². The molecule has 0 bridgehead atoms. The van der Waals surface area contributed by atoms with E-state index in [4.69, 9.17) is 22.9 Å². The summed E-state index contributed by atoms with van der Waals surface area (Å²) in [7, 11) is 0. The average molecular weight is 1530 g/mol. The van der Waals surface area contributed by atoms with Crippen molar-refractivity contribution in [1.29, 1.82) is 0 Å². The number of carbonyl (C=O) groups is 14. The van der Waals surface area contributed by atoms with E-state index >= 15 is 0 Å². The quantitative estimate of drug-likeness (QED) is 0.0142. The zero-order valence-electron chi connectivity index (χ0n) is 61.8. The van der Waals surface area contributed by atoms with E-state index in [1.165, 1.54) is 24.3 Å². The molecule has 0 saturated carbocycles. The zero-order valence-corrected chi connectivity index (χ0v) is 61.8. The number of aliphatic hydroxyl groups is 2. The van der Waals surface area contributed by atoms with E-state index in [0.717, 1.165) is 11.3 Å². The van der Waals surface area contributed by atoms with Gasteiger partial charge in [-0.2, -0.15) is 0 Å². The van der Waals surface area contributed by atoms with Gasteiger partial charge >= 0.3 is 11.9 Å². The molecule has 3 aliphatic rings. The Kier molecular flexibility index (Phi) is 33.9. The van der Waals surface area contributed by atoms with Crippen LogP contribution in [0.5, 0.6) is 0 Å². The highest BCUT2D eigenvalue weighted by Crippen LogP contribution is 2.24.